The predicted molar refractivity (Wildman–Crippen MR) is 131 cm³/mol. The van der Waals surface area contributed by atoms with Crippen molar-refractivity contribution in [3.8, 4) is 0 Å². The molecule has 0 bridgehead atoms. The number of carbonyl (C=O) groups is 4. The molecule has 0 saturated heterocycles. The van der Waals surface area contributed by atoms with Gasteiger partial charge in [0.2, 0.25) is 0 Å². The van der Waals surface area contributed by atoms with Gasteiger partial charge in [-0.25, -0.2) is 9.59 Å². The van der Waals surface area contributed by atoms with E-state index in [1.807, 2.05) is 21.0 Å². The summed E-state index contributed by atoms with van der Waals surface area (Å²) in [7, 11) is 7.36. The smallest absolute Gasteiger partial charge is 0.333 e. The Morgan fingerprint density at radius 1 is 0.971 bits per heavy atom. The van der Waals surface area contributed by atoms with E-state index in [9.17, 15) is 24.3 Å². The van der Waals surface area contributed by atoms with Crippen molar-refractivity contribution < 1.29 is 43.3 Å². The van der Waals surface area contributed by atoms with Gasteiger partial charge in [-0.2, -0.15) is 0 Å². The number of aliphatic carboxylic acids is 2. The first-order chi connectivity index (χ1) is 15.5. The van der Waals surface area contributed by atoms with Crippen LogP contribution < -0.4 is 10.4 Å². The number of nitrogens with zero attached hydrogens (tertiary/aromatic N) is 1. The minimum absolute atomic E-state index is 0.222. The lowest BCUT2D eigenvalue weighted by Crippen LogP contribution is -2.56. The molecule has 0 radical (unpaired) electrons. The van der Waals surface area contributed by atoms with E-state index in [-0.39, 0.29) is 19.0 Å². The van der Waals surface area contributed by atoms with Gasteiger partial charge in [0.1, 0.15) is 6.04 Å². The first-order valence-corrected chi connectivity index (χ1v) is 11.0. The minimum atomic E-state index is -1.08. The fourth-order valence-electron chi connectivity index (χ4n) is 1.56. The molecule has 0 heterocycles. The number of carboxylic acids is 2. The molecule has 0 rings (SSSR count). The molecule has 10 heteroatoms. The Labute approximate surface area is 205 Å². The first kappa shape index (κ1) is 38.5. The van der Waals surface area contributed by atoms with Crippen LogP contribution in [0.15, 0.2) is 24.3 Å². The fourth-order valence-corrected chi connectivity index (χ4v) is 1.56. The van der Waals surface area contributed by atoms with Gasteiger partial charge in [0.15, 0.2) is 0 Å². The Morgan fingerprint density at radius 3 is 1.59 bits per heavy atom. The number of carbonyl (C=O) groups excluding carboxylic acids is 3. The SMILES string of the molecule is C=C(C)C(=O)OCCC.C=C(C)C(=O)OCCC[N+](C)(C)C(C)C(=O)[O-].CCC(=O)O.CNC. The highest BCUT2D eigenvalue weighted by molar-refractivity contribution is 5.87. The number of nitrogens with one attached hydrogen (secondary N) is 1. The summed E-state index contributed by atoms with van der Waals surface area (Å²) in [6, 6.07) is -0.591. The van der Waals surface area contributed by atoms with E-state index in [1.165, 1.54) is 0 Å². The van der Waals surface area contributed by atoms with Gasteiger partial charge in [-0.15, -0.1) is 0 Å². The van der Waals surface area contributed by atoms with Crippen molar-refractivity contribution in [1.82, 2.24) is 5.32 Å². The van der Waals surface area contributed by atoms with Crippen LogP contribution in [0.5, 0.6) is 0 Å². The van der Waals surface area contributed by atoms with Crippen molar-refractivity contribution in [1.29, 1.82) is 0 Å². The molecule has 0 aliphatic rings. The van der Waals surface area contributed by atoms with Crippen molar-refractivity contribution in [2.45, 2.75) is 59.9 Å². The summed E-state index contributed by atoms with van der Waals surface area (Å²) in [5.74, 6) is -2.53. The van der Waals surface area contributed by atoms with Crippen molar-refractivity contribution in [3.63, 3.8) is 0 Å². The number of esters is 2. The average molecular weight is 491 g/mol. The number of carboxylic acid groups (broad SMARTS) is 2. The van der Waals surface area contributed by atoms with E-state index in [0.717, 1.165) is 6.42 Å². The molecule has 2 N–H and O–H groups in total. The Bertz CT molecular complexity index is 630. The van der Waals surface area contributed by atoms with E-state index in [0.29, 0.717) is 35.2 Å². The number of rotatable bonds is 11. The molecule has 0 spiro atoms. The summed E-state index contributed by atoms with van der Waals surface area (Å²) in [6.45, 7) is 16.6. The topological polar surface area (TPSA) is 142 Å². The second-order valence-electron chi connectivity index (χ2n) is 7.93. The van der Waals surface area contributed by atoms with Gasteiger partial charge in [0.25, 0.3) is 0 Å². The number of ether oxygens (including phenoxy) is 2. The normalized spacial score (nSPS) is 10.4. The summed E-state index contributed by atoms with van der Waals surface area (Å²) in [5, 5.41) is 21.2. The van der Waals surface area contributed by atoms with Crippen LogP contribution in [-0.4, -0.2) is 87.5 Å². The first-order valence-electron chi connectivity index (χ1n) is 11.0. The molecule has 0 aromatic rings. The molecule has 0 aromatic heterocycles. The number of likely N-dealkylation sites (N-methyl/N-ethyl adjacent to an activating group) is 1. The quantitative estimate of drug-likeness (QED) is 0.191. The molecule has 0 aliphatic heterocycles. The molecule has 10 nitrogen and oxygen atoms in total. The lowest BCUT2D eigenvalue weighted by atomic mass is 10.2. The maximum Gasteiger partial charge on any atom is 0.333 e. The summed E-state index contributed by atoms with van der Waals surface area (Å²) >= 11 is 0. The van der Waals surface area contributed by atoms with Gasteiger partial charge >= 0.3 is 17.9 Å². The number of hydrogen-bond donors (Lipinski definition) is 2. The number of quaternary nitrogens is 1. The summed E-state index contributed by atoms with van der Waals surface area (Å²) in [5.41, 5.74) is 0.824. The monoisotopic (exact) mass is 490 g/mol. The third-order valence-electron chi connectivity index (χ3n) is 3.94. The summed E-state index contributed by atoms with van der Waals surface area (Å²) < 4.78 is 9.94. The highest BCUT2D eigenvalue weighted by Crippen LogP contribution is 2.07. The zero-order valence-electron chi connectivity index (χ0n) is 22.5. The molecule has 1 atom stereocenters. The van der Waals surface area contributed by atoms with Crippen molar-refractivity contribution in [2.24, 2.45) is 0 Å². The van der Waals surface area contributed by atoms with Crippen LogP contribution in [0, 0.1) is 0 Å². The van der Waals surface area contributed by atoms with E-state index < -0.39 is 23.9 Å². The van der Waals surface area contributed by atoms with Gasteiger partial charge in [-0.3, -0.25) is 4.79 Å². The van der Waals surface area contributed by atoms with Gasteiger partial charge in [-0.05, 0) is 41.3 Å². The third-order valence-corrected chi connectivity index (χ3v) is 3.94. The highest BCUT2D eigenvalue weighted by atomic mass is 16.5. The summed E-state index contributed by atoms with van der Waals surface area (Å²) in [4.78, 5) is 41.8. The lowest BCUT2D eigenvalue weighted by molar-refractivity contribution is -0.906. The van der Waals surface area contributed by atoms with Crippen molar-refractivity contribution >= 4 is 23.9 Å². The van der Waals surface area contributed by atoms with Crippen LogP contribution >= 0.6 is 0 Å². The van der Waals surface area contributed by atoms with Crippen LogP contribution in [0.2, 0.25) is 0 Å². The van der Waals surface area contributed by atoms with Crippen LogP contribution in [0.3, 0.4) is 0 Å². The van der Waals surface area contributed by atoms with Gasteiger partial charge in [0, 0.05) is 24.0 Å². The molecule has 0 amide bonds. The Hall–Kier alpha value is -2.72. The standard InChI is InChI=1S/C12H21NO4.C7H12O2.C3H6O2.C2H7N/c1-9(2)12(16)17-8-6-7-13(4,5)10(3)11(14)15;1-4-5-9-7(8)6(2)3;1-2-3(4)5;1-3-2/h10H,1,6-8H2,2-5H3;2,4-5H2,1,3H3;2H2,1H3,(H,4,5);3H,1-2H3. The van der Waals surface area contributed by atoms with Crippen LogP contribution in [0.4, 0.5) is 0 Å². The second kappa shape index (κ2) is 23.4. The minimum Gasteiger partial charge on any atom is -0.544 e. The van der Waals surface area contributed by atoms with E-state index >= 15 is 0 Å². The van der Waals surface area contributed by atoms with Gasteiger partial charge < -0.3 is 34.3 Å². The van der Waals surface area contributed by atoms with E-state index in [2.05, 4.69) is 18.5 Å². The average Bonchev–Trinajstić information content (AvgIpc) is 2.75. The van der Waals surface area contributed by atoms with Crippen LogP contribution in [0.25, 0.3) is 0 Å². The maximum absolute atomic E-state index is 11.1. The molecular weight excluding hydrogens is 444 g/mol. The molecule has 0 fully saturated rings. The van der Waals surface area contributed by atoms with Crippen molar-refractivity contribution in [2.75, 3.05) is 47.9 Å². The Morgan fingerprint density at radius 2 is 1.32 bits per heavy atom. The molecule has 0 saturated carbocycles. The molecular formula is C24H46N2O8. The highest BCUT2D eigenvalue weighted by Gasteiger charge is 2.24. The maximum atomic E-state index is 11.1. The third kappa shape index (κ3) is 27.3. The van der Waals surface area contributed by atoms with E-state index in [1.54, 1.807) is 41.8 Å². The Kier molecular flexibility index (Phi) is 26.6. The lowest BCUT2D eigenvalue weighted by Gasteiger charge is -2.36. The van der Waals surface area contributed by atoms with Crippen molar-refractivity contribution in [3.05, 3.63) is 24.3 Å². The zero-order valence-corrected chi connectivity index (χ0v) is 22.5. The molecule has 1 unspecified atom stereocenters. The predicted octanol–water partition coefficient (Wildman–Crippen LogP) is 1.54. The Balaban J connectivity index is -0.000000220. The molecule has 0 aliphatic carbocycles. The van der Waals surface area contributed by atoms with Crippen LogP contribution in [0.1, 0.15) is 53.9 Å². The van der Waals surface area contributed by atoms with Crippen LogP contribution in [-0.2, 0) is 28.7 Å². The molecule has 34 heavy (non-hydrogen) atoms. The molecule has 200 valence electrons. The number of hydrogen-bond acceptors (Lipinski definition) is 8. The molecule has 0 aromatic carbocycles. The summed E-state index contributed by atoms with van der Waals surface area (Å²) in [6.07, 6.45) is 1.68. The zero-order chi connectivity index (χ0) is 27.9. The fraction of sp³-hybridized carbons (Fsp3) is 0.667. The van der Waals surface area contributed by atoms with E-state index in [4.69, 9.17) is 14.6 Å². The van der Waals surface area contributed by atoms with Gasteiger partial charge in [0.05, 0.1) is 39.8 Å². The largest absolute Gasteiger partial charge is 0.544 e. The van der Waals surface area contributed by atoms with Gasteiger partial charge in [-0.1, -0.05) is 27.0 Å². The second-order valence-corrected chi connectivity index (χ2v) is 7.93.